The summed E-state index contributed by atoms with van der Waals surface area (Å²) in [5, 5.41) is 0. The van der Waals surface area contributed by atoms with E-state index in [1.54, 1.807) is 14.2 Å². The zero-order valence-corrected chi connectivity index (χ0v) is 10.3. The minimum Gasteiger partial charge on any atom is -0.400 e. The maximum Gasteiger partial charge on any atom is 0.321 e. The molecular weight excluding hydrogens is 204 g/mol. The molecule has 0 saturated carbocycles. The van der Waals surface area contributed by atoms with Gasteiger partial charge in [0.25, 0.3) is 0 Å². The van der Waals surface area contributed by atoms with Crippen LogP contribution >= 0.6 is 0 Å². The lowest BCUT2D eigenvalue weighted by atomic mass is 10.0. The van der Waals surface area contributed by atoms with Gasteiger partial charge >= 0.3 is 9.28 Å². The van der Waals surface area contributed by atoms with Gasteiger partial charge in [0.1, 0.15) is 0 Å². The Kier molecular flexibility index (Phi) is 3.36. The summed E-state index contributed by atoms with van der Waals surface area (Å²) in [5.41, 5.74) is 2.74. The Labute approximate surface area is 92.4 Å². The average molecular weight is 220 g/mol. The molecule has 0 bridgehead atoms. The van der Waals surface area contributed by atoms with E-state index < -0.39 is 9.28 Å². The second kappa shape index (κ2) is 4.75. The zero-order valence-electron chi connectivity index (χ0n) is 9.14. The van der Waals surface area contributed by atoms with Crippen molar-refractivity contribution in [2.45, 2.75) is 12.0 Å². The molecule has 0 spiro atoms. The van der Waals surface area contributed by atoms with E-state index >= 15 is 0 Å². The molecule has 0 amide bonds. The molecule has 80 valence electrons. The summed E-state index contributed by atoms with van der Waals surface area (Å²) in [5.74, 6) is 0.484. The van der Waals surface area contributed by atoms with Gasteiger partial charge in [-0.05, 0) is 17.2 Å². The van der Waals surface area contributed by atoms with E-state index in [4.69, 9.17) is 8.85 Å². The first kappa shape index (κ1) is 10.6. The van der Waals surface area contributed by atoms with Crippen LogP contribution in [-0.2, 0) is 8.85 Å². The Hall–Kier alpha value is -0.903. The molecule has 1 aromatic rings. The molecule has 15 heavy (non-hydrogen) atoms. The molecule has 0 saturated heterocycles. The van der Waals surface area contributed by atoms with Crippen LogP contribution in [0.1, 0.15) is 17.0 Å². The number of allylic oxidation sites excluding steroid dienone is 1. The maximum absolute atomic E-state index is 5.36. The third-order valence-corrected chi connectivity index (χ3v) is 4.82. The van der Waals surface area contributed by atoms with Gasteiger partial charge in [0.2, 0.25) is 0 Å². The largest absolute Gasteiger partial charge is 0.400 e. The van der Waals surface area contributed by atoms with Gasteiger partial charge in [-0.1, -0.05) is 36.4 Å². The van der Waals surface area contributed by atoms with Crippen molar-refractivity contribution in [1.29, 1.82) is 0 Å². The molecule has 0 N–H and O–H groups in total. The van der Waals surface area contributed by atoms with Crippen molar-refractivity contribution in [3.05, 3.63) is 41.5 Å². The van der Waals surface area contributed by atoms with Gasteiger partial charge in [-0.3, -0.25) is 0 Å². The summed E-state index contributed by atoms with van der Waals surface area (Å²) >= 11 is 0. The van der Waals surface area contributed by atoms with Gasteiger partial charge in [-0.2, -0.15) is 0 Å². The van der Waals surface area contributed by atoms with Gasteiger partial charge in [-0.15, -0.1) is 0 Å². The zero-order chi connectivity index (χ0) is 10.7. The van der Waals surface area contributed by atoms with Gasteiger partial charge in [0, 0.05) is 20.1 Å². The number of rotatable bonds is 4. The lowest BCUT2D eigenvalue weighted by Gasteiger charge is -2.15. The first-order valence-electron chi connectivity index (χ1n) is 5.18. The van der Waals surface area contributed by atoms with Crippen LogP contribution in [0.5, 0.6) is 0 Å². The highest BCUT2D eigenvalue weighted by Gasteiger charge is 2.22. The van der Waals surface area contributed by atoms with Crippen molar-refractivity contribution in [3.8, 4) is 0 Å². The van der Waals surface area contributed by atoms with Gasteiger partial charge in [-0.25, -0.2) is 0 Å². The molecule has 2 rings (SSSR count). The highest BCUT2D eigenvalue weighted by molar-refractivity contribution is 6.44. The topological polar surface area (TPSA) is 18.5 Å². The molecule has 1 unspecified atom stereocenters. The van der Waals surface area contributed by atoms with Crippen LogP contribution in [0.3, 0.4) is 0 Å². The van der Waals surface area contributed by atoms with E-state index in [0.29, 0.717) is 5.92 Å². The van der Waals surface area contributed by atoms with Crippen LogP contribution in [0.25, 0.3) is 6.08 Å². The second-order valence-electron chi connectivity index (χ2n) is 3.73. The maximum atomic E-state index is 5.36. The summed E-state index contributed by atoms with van der Waals surface area (Å²) in [7, 11) is 2.03. The van der Waals surface area contributed by atoms with E-state index in [-0.39, 0.29) is 0 Å². The molecule has 0 fully saturated rings. The minimum atomic E-state index is -1.46. The summed E-state index contributed by atoms with van der Waals surface area (Å²) < 4.78 is 10.7. The Bertz CT molecular complexity index is 358. The fourth-order valence-electron chi connectivity index (χ4n) is 2.03. The molecule has 1 aliphatic carbocycles. The second-order valence-corrected chi connectivity index (χ2v) is 6.00. The van der Waals surface area contributed by atoms with Crippen LogP contribution in [0.4, 0.5) is 0 Å². The van der Waals surface area contributed by atoms with Crippen molar-refractivity contribution in [1.82, 2.24) is 0 Å². The first-order chi connectivity index (χ1) is 7.35. The number of hydrogen-bond donors (Lipinski definition) is 0. The summed E-state index contributed by atoms with van der Waals surface area (Å²) in [6, 6.07) is 9.53. The predicted octanol–water partition coefficient (Wildman–Crippen LogP) is 2.31. The molecule has 1 aliphatic rings. The van der Waals surface area contributed by atoms with Crippen LogP contribution < -0.4 is 0 Å². The quantitative estimate of drug-likeness (QED) is 0.725. The molecule has 3 heteroatoms. The fourth-order valence-corrected chi connectivity index (χ4v) is 3.43. The summed E-state index contributed by atoms with van der Waals surface area (Å²) in [4.78, 5) is 0. The van der Waals surface area contributed by atoms with E-state index in [1.807, 2.05) is 0 Å². The molecule has 0 radical (unpaired) electrons. The highest BCUT2D eigenvalue weighted by atomic mass is 28.3. The normalized spacial score (nSPS) is 18.5. The summed E-state index contributed by atoms with van der Waals surface area (Å²) in [6.07, 6.45) is 4.44. The van der Waals surface area contributed by atoms with E-state index in [1.165, 1.54) is 11.1 Å². The van der Waals surface area contributed by atoms with Crippen LogP contribution in [0, 0.1) is 0 Å². The highest BCUT2D eigenvalue weighted by Crippen LogP contribution is 2.33. The van der Waals surface area contributed by atoms with Crippen LogP contribution in [0.15, 0.2) is 30.3 Å². The summed E-state index contributed by atoms with van der Waals surface area (Å²) in [6.45, 7) is 0. The predicted molar refractivity (Wildman–Crippen MR) is 64.2 cm³/mol. The Balaban J connectivity index is 2.11. The number of fused-ring (bicyclic) bond motifs is 1. The molecular formula is C12H16O2Si. The smallest absolute Gasteiger partial charge is 0.321 e. The van der Waals surface area contributed by atoms with Crippen molar-refractivity contribution in [2.75, 3.05) is 14.2 Å². The molecule has 0 heterocycles. The minimum absolute atomic E-state index is 0.484. The monoisotopic (exact) mass is 220 g/mol. The Morgan fingerprint density at radius 1 is 1.20 bits per heavy atom. The van der Waals surface area contributed by atoms with Crippen molar-refractivity contribution in [2.24, 2.45) is 0 Å². The average Bonchev–Trinajstić information content (AvgIpc) is 2.69. The number of hydrogen-bond acceptors (Lipinski definition) is 2. The SMILES string of the molecule is CO[SiH](CC1C=Cc2ccccc21)OC. The van der Waals surface area contributed by atoms with Crippen LogP contribution in [0.2, 0.25) is 6.04 Å². The van der Waals surface area contributed by atoms with E-state index in [9.17, 15) is 0 Å². The van der Waals surface area contributed by atoms with E-state index in [0.717, 1.165) is 6.04 Å². The van der Waals surface area contributed by atoms with Crippen molar-refractivity contribution < 1.29 is 8.85 Å². The van der Waals surface area contributed by atoms with Gasteiger partial charge in [0.05, 0.1) is 0 Å². The molecule has 1 aromatic carbocycles. The Morgan fingerprint density at radius 3 is 2.67 bits per heavy atom. The standard InChI is InChI=1S/C12H16O2Si/c1-13-15(14-2)9-11-8-7-10-5-3-4-6-12(10)11/h3-8,11,15H,9H2,1-2H3. The fraction of sp³-hybridized carbons (Fsp3) is 0.333. The van der Waals surface area contributed by atoms with Gasteiger partial charge in [0.15, 0.2) is 0 Å². The lowest BCUT2D eigenvalue weighted by Crippen LogP contribution is -2.21. The molecule has 1 atom stereocenters. The molecule has 2 nitrogen and oxygen atoms in total. The third-order valence-electron chi connectivity index (χ3n) is 2.88. The van der Waals surface area contributed by atoms with E-state index in [2.05, 4.69) is 36.4 Å². The first-order valence-corrected chi connectivity index (χ1v) is 6.94. The number of benzene rings is 1. The Morgan fingerprint density at radius 2 is 1.93 bits per heavy atom. The van der Waals surface area contributed by atoms with Crippen LogP contribution in [-0.4, -0.2) is 23.5 Å². The molecule has 0 aliphatic heterocycles. The third kappa shape index (κ3) is 2.20. The van der Waals surface area contributed by atoms with Crippen molar-refractivity contribution >= 4 is 15.4 Å². The van der Waals surface area contributed by atoms with Crippen molar-refractivity contribution in [3.63, 3.8) is 0 Å². The molecule has 0 aromatic heterocycles. The lowest BCUT2D eigenvalue weighted by molar-refractivity contribution is 0.276. The van der Waals surface area contributed by atoms with Gasteiger partial charge < -0.3 is 8.85 Å².